The number of fused-ring (bicyclic) bond motifs is 1. The van der Waals surface area contributed by atoms with Gasteiger partial charge in [0.25, 0.3) is 5.91 Å². The molecular formula is C35H43N5O2S. The average Bonchev–Trinajstić information content (AvgIpc) is 2.98. The predicted octanol–water partition coefficient (Wildman–Crippen LogP) is 4.86. The molecule has 0 atom stereocenters. The van der Waals surface area contributed by atoms with Crippen molar-refractivity contribution in [3.63, 3.8) is 0 Å². The molecular weight excluding hydrogens is 554 g/mol. The molecule has 0 saturated carbocycles. The van der Waals surface area contributed by atoms with Crippen LogP contribution in [-0.2, 0) is 15.6 Å². The molecule has 1 aromatic heterocycles. The number of rotatable bonds is 5. The fourth-order valence-electron chi connectivity index (χ4n) is 6.13. The highest BCUT2D eigenvalue weighted by Crippen LogP contribution is 2.31. The summed E-state index contributed by atoms with van der Waals surface area (Å²) in [5.74, 6) is 1.66. The molecule has 3 heterocycles. The van der Waals surface area contributed by atoms with Gasteiger partial charge in [0.05, 0.1) is 22.9 Å². The summed E-state index contributed by atoms with van der Waals surface area (Å²) >= 11 is 0. The molecule has 6 rings (SSSR count). The maximum Gasteiger partial charge on any atom is 0.254 e. The molecule has 43 heavy (non-hydrogen) atoms. The van der Waals surface area contributed by atoms with Gasteiger partial charge in [0, 0.05) is 74.0 Å². The smallest absolute Gasteiger partial charge is 0.254 e. The fourth-order valence-corrected chi connectivity index (χ4v) is 7.99. The first-order valence-corrected chi connectivity index (χ1v) is 18.3. The van der Waals surface area contributed by atoms with E-state index in [9.17, 15) is 9.00 Å². The summed E-state index contributed by atoms with van der Waals surface area (Å²) in [6, 6.07) is 18.8. The molecule has 1 amide bonds. The van der Waals surface area contributed by atoms with E-state index in [1.54, 1.807) is 0 Å². The average molecular weight is 598 g/mol. The second kappa shape index (κ2) is 11.2. The Labute approximate surface area is 255 Å². The number of carbonyl (C=O) groups excluding carboxylic acids is 1. The van der Waals surface area contributed by atoms with Crippen LogP contribution < -0.4 is 0 Å². The van der Waals surface area contributed by atoms with Crippen molar-refractivity contribution in [3.8, 4) is 22.4 Å². The number of likely N-dealkylation sites (N-methyl/N-ethyl adjacent to an activating group) is 1. The van der Waals surface area contributed by atoms with Crippen LogP contribution in [0.5, 0.6) is 0 Å². The van der Waals surface area contributed by atoms with Crippen LogP contribution in [0.4, 0.5) is 0 Å². The number of hydrogen-bond acceptors (Lipinski definition) is 6. The van der Waals surface area contributed by atoms with Gasteiger partial charge in [-0.05, 0) is 73.9 Å². The number of benzene rings is 3. The maximum atomic E-state index is 13.2. The molecule has 7 nitrogen and oxygen atoms in total. The molecule has 0 unspecified atom stereocenters. The van der Waals surface area contributed by atoms with Crippen LogP contribution in [0.3, 0.4) is 0 Å². The van der Waals surface area contributed by atoms with Crippen molar-refractivity contribution in [3.05, 3.63) is 83.0 Å². The zero-order valence-corrected chi connectivity index (χ0v) is 26.9. The van der Waals surface area contributed by atoms with Crippen LogP contribution in [0, 0.1) is 13.8 Å². The van der Waals surface area contributed by atoms with Crippen molar-refractivity contribution in [2.45, 2.75) is 20.4 Å². The Morgan fingerprint density at radius 2 is 1.56 bits per heavy atom. The van der Waals surface area contributed by atoms with E-state index in [4.69, 9.17) is 9.97 Å². The van der Waals surface area contributed by atoms with Gasteiger partial charge in [-0.15, -0.1) is 0 Å². The molecule has 0 N–H and O–H groups in total. The molecule has 3 aromatic carbocycles. The van der Waals surface area contributed by atoms with E-state index in [-0.39, 0.29) is 5.91 Å². The van der Waals surface area contributed by atoms with Crippen LogP contribution in [0.2, 0.25) is 0 Å². The van der Waals surface area contributed by atoms with E-state index in [1.165, 1.54) is 11.1 Å². The third kappa shape index (κ3) is 6.42. The normalized spacial score (nSPS) is 20.0. The highest BCUT2D eigenvalue weighted by Gasteiger charge is 2.31. The molecule has 4 aromatic rings. The molecule has 2 aliphatic rings. The third-order valence-corrected chi connectivity index (χ3v) is 12.2. The largest absolute Gasteiger partial charge is 0.336 e. The molecule has 0 aliphatic carbocycles. The summed E-state index contributed by atoms with van der Waals surface area (Å²) in [6.45, 7) is 10.1. The van der Waals surface area contributed by atoms with Gasteiger partial charge < -0.3 is 9.80 Å². The number of piperazine rings is 1. The Bertz CT molecular complexity index is 1760. The van der Waals surface area contributed by atoms with Crippen molar-refractivity contribution in [1.29, 1.82) is 0 Å². The van der Waals surface area contributed by atoms with E-state index in [0.29, 0.717) is 0 Å². The number of amides is 1. The second-order valence-corrected chi connectivity index (χ2v) is 18.7. The van der Waals surface area contributed by atoms with Crippen molar-refractivity contribution >= 4 is 26.0 Å². The van der Waals surface area contributed by atoms with Gasteiger partial charge in [-0.2, -0.15) is 0 Å². The molecule has 2 aliphatic heterocycles. The number of para-hydroxylation sites is 1. The molecule has 0 spiro atoms. The van der Waals surface area contributed by atoms with Gasteiger partial charge in [0.15, 0.2) is 0 Å². The maximum absolute atomic E-state index is 13.2. The highest BCUT2D eigenvalue weighted by atomic mass is 32.3. The van der Waals surface area contributed by atoms with Crippen LogP contribution in [0.25, 0.3) is 33.4 Å². The summed E-state index contributed by atoms with van der Waals surface area (Å²) in [4.78, 5) is 29.7. The number of carbonyl (C=O) groups is 1. The van der Waals surface area contributed by atoms with E-state index in [2.05, 4.69) is 54.1 Å². The first-order valence-electron chi connectivity index (χ1n) is 15.2. The first-order chi connectivity index (χ1) is 20.4. The van der Waals surface area contributed by atoms with Crippen LogP contribution in [0.15, 0.2) is 60.8 Å². The minimum atomic E-state index is -2.43. The van der Waals surface area contributed by atoms with Gasteiger partial charge >= 0.3 is 0 Å². The fraction of sp³-hybridized carbons (Fsp3) is 0.400. The summed E-state index contributed by atoms with van der Waals surface area (Å²) in [6.07, 6.45) is 5.74. The third-order valence-electron chi connectivity index (χ3n) is 9.25. The SMILES string of the molecule is Cc1cc(-c2cccc3ncc(-c4ccc(C(=O)N5CCN(C)CC5)c(C)c4)nc23)ccc1CN1CCS(C)(C)(=O)CC1. The number of hydrogen-bond donors (Lipinski definition) is 0. The summed E-state index contributed by atoms with van der Waals surface area (Å²) in [5, 5.41) is 0. The van der Waals surface area contributed by atoms with Crippen molar-refractivity contribution in [2.24, 2.45) is 0 Å². The second-order valence-electron chi connectivity index (χ2n) is 13.2. The first kappa shape index (κ1) is 29.6. The quantitative estimate of drug-likeness (QED) is 0.327. The Morgan fingerprint density at radius 3 is 2.26 bits per heavy atom. The predicted molar refractivity (Wildman–Crippen MR) is 178 cm³/mol. The van der Waals surface area contributed by atoms with Gasteiger partial charge in [-0.3, -0.25) is 18.9 Å². The zero-order valence-electron chi connectivity index (χ0n) is 26.1. The van der Waals surface area contributed by atoms with Crippen LogP contribution >= 0.6 is 0 Å². The van der Waals surface area contributed by atoms with E-state index < -0.39 is 9.07 Å². The van der Waals surface area contributed by atoms with E-state index in [0.717, 1.165) is 102 Å². The Kier molecular flexibility index (Phi) is 7.73. The minimum absolute atomic E-state index is 0.0998. The molecule has 0 bridgehead atoms. The van der Waals surface area contributed by atoms with Gasteiger partial charge in [-0.1, -0.05) is 45.5 Å². The Balaban J connectivity index is 1.25. The zero-order chi connectivity index (χ0) is 30.4. The monoisotopic (exact) mass is 597 g/mol. The summed E-state index contributed by atoms with van der Waals surface area (Å²) in [5.41, 5.74) is 9.88. The van der Waals surface area contributed by atoms with Crippen molar-refractivity contribution in [1.82, 2.24) is 24.7 Å². The lowest BCUT2D eigenvalue weighted by Gasteiger charge is -2.42. The van der Waals surface area contributed by atoms with Gasteiger partial charge in [0.1, 0.15) is 0 Å². The molecule has 226 valence electrons. The number of nitrogens with zero attached hydrogens (tertiary/aromatic N) is 5. The molecule has 2 fully saturated rings. The topological polar surface area (TPSA) is 69.6 Å². The number of aromatic nitrogens is 2. The molecule has 8 heteroatoms. The summed E-state index contributed by atoms with van der Waals surface area (Å²) in [7, 11) is -0.337. The van der Waals surface area contributed by atoms with Crippen molar-refractivity contribution < 1.29 is 9.00 Å². The Morgan fingerprint density at radius 1 is 0.860 bits per heavy atom. The Hall–Kier alpha value is -3.46. The molecule has 0 radical (unpaired) electrons. The van der Waals surface area contributed by atoms with E-state index in [1.807, 2.05) is 54.8 Å². The van der Waals surface area contributed by atoms with Gasteiger partial charge in [-0.25, -0.2) is 4.98 Å². The van der Waals surface area contributed by atoms with Crippen LogP contribution in [0.1, 0.15) is 27.0 Å². The lowest BCUT2D eigenvalue weighted by Crippen LogP contribution is -2.51. The van der Waals surface area contributed by atoms with E-state index >= 15 is 0 Å². The lowest BCUT2D eigenvalue weighted by molar-refractivity contribution is 0.0663. The van der Waals surface area contributed by atoms with Crippen molar-refractivity contribution in [2.75, 3.05) is 70.3 Å². The summed E-state index contributed by atoms with van der Waals surface area (Å²) < 4.78 is 13.0. The minimum Gasteiger partial charge on any atom is -0.336 e. The highest BCUT2D eigenvalue weighted by molar-refractivity contribution is 8.18. The standard InChI is InChI=1S/C35H43N5O2S/c1-25-21-27(9-10-29(25)24-39-17-19-43(4,5,42)20-18-39)31-7-6-8-32-34(31)37-33(23-36-32)28-11-12-30(26(2)22-28)35(41)40-15-13-38(3)14-16-40/h6-12,21-23H,13-20,24H2,1-5H3. The lowest BCUT2D eigenvalue weighted by atomic mass is 9.98. The van der Waals surface area contributed by atoms with Crippen LogP contribution in [-0.4, -0.2) is 105 Å². The van der Waals surface area contributed by atoms with Gasteiger partial charge in [0.2, 0.25) is 0 Å². The molecule has 2 saturated heterocycles. The number of aryl methyl sites for hydroxylation is 2.